The highest BCUT2D eigenvalue weighted by atomic mass is 79.9. The number of rotatable bonds is 3. The van der Waals surface area contributed by atoms with Gasteiger partial charge in [0.2, 0.25) is 0 Å². The molecule has 0 heterocycles. The predicted octanol–water partition coefficient (Wildman–Crippen LogP) is 2.98. The molecule has 1 atom stereocenters. The maximum Gasteiger partial charge on any atom is 0.129 e. The molecule has 0 amide bonds. The monoisotopic (exact) mass is 264 g/mol. The second-order valence-corrected chi connectivity index (χ2v) is 4.46. The molecule has 1 aromatic carbocycles. The topological polar surface area (TPSA) is 20.2 Å². The summed E-state index contributed by atoms with van der Waals surface area (Å²) < 4.78 is 13.9. The third-order valence-corrected chi connectivity index (χ3v) is 2.78. The van der Waals surface area contributed by atoms with Crippen LogP contribution in [0.15, 0.2) is 22.7 Å². The predicted molar refractivity (Wildman–Crippen MR) is 57.4 cm³/mol. The zero-order chi connectivity index (χ0) is 9.84. The van der Waals surface area contributed by atoms with Crippen molar-refractivity contribution in [3.05, 3.63) is 34.1 Å². The molecule has 1 nitrogen and oxygen atoms in total. The van der Waals surface area contributed by atoms with Crippen LogP contribution in [0.3, 0.4) is 0 Å². The van der Waals surface area contributed by atoms with Crippen LogP contribution in [0.25, 0.3) is 0 Å². The Kier molecular flexibility index (Phi) is 4.22. The van der Waals surface area contributed by atoms with E-state index in [0.29, 0.717) is 11.3 Å². The van der Waals surface area contributed by atoms with Gasteiger partial charge in [0.05, 0.1) is 6.10 Å². The largest absolute Gasteiger partial charge is 0.387 e. The Balaban J connectivity index is 2.91. The molecule has 0 bridgehead atoms. The van der Waals surface area contributed by atoms with Gasteiger partial charge in [0.1, 0.15) is 5.82 Å². The van der Waals surface area contributed by atoms with Crippen molar-refractivity contribution in [2.24, 2.45) is 0 Å². The molecule has 0 aliphatic heterocycles. The molecule has 72 valence electrons. The van der Waals surface area contributed by atoms with E-state index in [1.54, 1.807) is 12.1 Å². The summed E-state index contributed by atoms with van der Waals surface area (Å²) >= 11 is 4.72. The lowest BCUT2D eigenvalue weighted by Crippen LogP contribution is -2.03. The molecule has 0 fully saturated rings. The van der Waals surface area contributed by atoms with Gasteiger partial charge in [-0.3, -0.25) is 0 Å². The van der Waals surface area contributed by atoms with E-state index in [-0.39, 0.29) is 5.82 Å². The van der Waals surface area contributed by atoms with Gasteiger partial charge in [-0.05, 0) is 24.5 Å². The number of hydrogen-bond donors (Lipinski definition) is 1. The van der Waals surface area contributed by atoms with Crippen molar-refractivity contribution in [2.75, 3.05) is 12.0 Å². The molecule has 0 saturated carbocycles. The lowest BCUT2D eigenvalue weighted by Gasteiger charge is -2.10. The summed E-state index contributed by atoms with van der Waals surface area (Å²) in [5.74, 6) is 0.151. The zero-order valence-corrected chi connectivity index (χ0v) is 9.53. The second kappa shape index (κ2) is 4.98. The molecule has 13 heavy (non-hydrogen) atoms. The molecule has 1 unspecified atom stereocenters. The van der Waals surface area contributed by atoms with Crippen LogP contribution in [0.1, 0.15) is 11.7 Å². The first kappa shape index (κ1) is 11.0. The van der Waals surface area contributed by atoms with E-state index < -0.39 is 6.10 Å². The van der Waals surface area contributed by atoms with Crippen LogP contribution in [0, 0.1) is 5.82 Å². The van der Waals surface area contributed by atoms with Gasteiger partial charge in [-0.2, -0.15) is 11.8 Å². The SMILES string of the molecule is CSCC(O)c1cc(Br)ccc1F. The Bertz CT molecular complexity index is 293. The quantitative estimate of drug-likeness (QED) is 0.906. The van der Waals surface area contributed by atoms with Gasteiger partial charge >= 0.3 is 0 Å². The molecule has 0 aromatic heterocycles. The maximum absolute atomic E-state index is 13.2. The van der Waals surface area contributed by atoms with E-state index in [1.165, 1.54) is 17.8 Å². The van der Waals surface area contributed by atoms with Gasteiger partial charge in [-0.1, -0.05) is 15.9 Å². The Morgan fingerprint density at radius 3 is 2.92 bits per heavy atom. The minimum absolute atomic E-state index is 0.351. The highest BCUT2D eigenvalue weighted by Gasteiger charge is 2.11. The van der Waals surface area contributed by atoms with Crippen molar-refractivity contribution in [3.8, 4) is 0 Å². The van der Waals surface area contributed by atoms with E-state index in [1.807, 2.05) is 6.26 Å². The Labute approximate surface area is 89.5 Å². The number of aliphatic hydroxyl groups is 1. The van der Waals surface area contributed by atoms with E-state index in [9.17, 15) is 9.50 Å². The van der Waals surface area contributed by atoms with E-state index in [4.69, 9.17) is 0 Å². The summed E-state index contributed by atoms with van der Waals surface area (Å²) in [6, 6.07) is 4.57. The first-order chi connectivity index (χ1) is 6.15. The number of benzene rings is 1. The zero-order valence-electron chi connectivity index (χ0n) is 7.13. The van der Waals surface area contributed by atoms with Crippen molar-refractivity contribution >= 4 is 27.7 Å². The normalized spacial score (nSPS) is 12.9. The van der Waals surface area contributed by atoms with Crippen molar-refractivity contribution in [1.82, 2.24) is 0 Å². The van der Waals surface area contributed by atoms with Crippen molar-refractivity contribution in [1.29, 1.82) is 0 Å². The summed E-state index contributed by atoms with van der Waals surface area (Å²) in [5.41, 5.74) is 0.351. The molecule has 0 aliphatic carbocycles. The average Bonchev–Trinajstić information content (AvgIpc) is 2.09. The van der Waals surface area contributed by atoms with Gasteiger partial charge in [-0.25, -0.2) is 4.39 Å². The van der Waals surface area contributed by atoms with Crippen molar-refractivity contribution in [3.63, 3.8) is 0 Å². The van der Waals surface area contributed by atoms with Gasteiger partial charge in [0.25, 0.3) is 0 Å². The van der Waals surface area contributed by atoms with Gasteiger partial charge < -0.3 is 5.11 Å². The van der Waals surface area contributed by atoms with Crippen LogP contribution in [0.5, 0.6) is 0 Å². The fourth-order valence-corrected chi connectivity index (χ4v) is 1.89. The molecule has 1 N–H and O–H groups in total. The fraction of sp³-hybridized carbons (Fsp3) is 0.333. The summed E-state index contributed by atoms with van der Waals surface area (Å²) in [4.78, 5) is 0. The lowest BCUT2D eigenvalue weighted by molar-refractivity contribution is 0.199. The summed E-state index contributed by atoms with van der Waals surface area (Å²) in [5, 5.41) is 9.54. The number of hydrogen-bond acceptors (Lipinski definition) is 2. The number of aliphatic hydroxyl groups excluding tert-OH is 1. The third kappa shape index (κ3) is 2.97. The summed E-state index contributed by atoms with van der Waals surface area (Å²) in [7, 11) is 0. The van der Waals surface area contributed by atoms with Gasteiger partial charge in [-0.15, -0.1) is 0 Å². The standard InChI is InChI=1S/C9H10BrFOS/c1-13-5-9(12)7-4-6(10)2-3-8(7)11/h2-4,9,12H,5H2,1H3. The molecule has 0 spiro atoms. The molecular formula is C9H10BrFOS. The molecule has 0 radical (unpaired) electrons. The Morgan fingerprint density at radius 1 is 1.62 bits per heavy atom. The minimum Gasteiger partial charge on any atom is -0.387 e. The van der Waals surface area contributed by atoms with Crippen LogP contribution >= 0.6 is 27.7 Å². The molecule has 1 aromatic rings. The molecule has 1 rings (SSSR count). The highest BCUT2D eigenvalue weighted by molar-refractivity contribution is 9.10. The summed E-state index contributed by atoms with van der Waals surface area (Å²) in [6.45, 7) is 0. The van der Waals surface area contributed by atoms with Crippen molar-refractivity contribution < 1.29 is 9.50 Å². The highest BCUT2D eigenvalue weighted by Crippen LogP contribution is 2.23. The van der Waals surface area contributed by atoms with Crippen LogP contribution in [-0.2, 0) is 0 Å². The van der Waals surface area contributed by atoms with E-state index in [0.717, 1.165) is 4.47 Å². The van der Waals surface area contributed by atoms with Crippen LogP contribution in [0.4, 0.5) is 4.39 Å². The molecule has 0 saturated heterocycles. The average molecular weight is 265 g/mol. The first-order valence-electron chi connectivity index (χ1n) is 3.77. The summed E-state index contributed by atoms with van der Waals surface area (Å²) in [6.07, 6.45) is 1.14. The minimum atomic E-state index is -0.729. The molecule has 0 aliphatic rings. The number of thioether (sulfide) groups is 1. The van der Waals surface area contributed by atoms with Crippen LogP contribution < -0.4 is 0 Å². The Hall–Kier alpha value is -0.0600. The smallest absolute Gasteiger partial charge is 0.129 e. The molecule has 4 heteroatoms. The maximum atomic E-state index is 13.2. The van der Waals surface area contributed by atoms with E-state index in [2.05, 4.69) is 15.9 Å². The second-order valence-electron chi connectivity index (χ2n) is 2.64. The van der Waals surface area contributed by atoms with Gasteiger partial charge in [0, 0.05) is 15.8 Å². The number of halogens is 2. The van der Waals surface area contributed by atoms with Crippen LogP contribution in [-0.4, -0.2) is 17.1 Å². The van der Waals surface area contributed by atoms with Crippen LogP contribution in [0.2, 0.25) is 0 Å². The fourth-order valence-electron chi connectivity index (χ4n) is 1.02. The lowest BCUT2D eigenvalue weighted by atomic mass is 10.1. The van der Waals surface area contributed by atoms with Gasteiger partial charge in [0.15, 0.2) is 0 Å². The Morgan fingerprint density at radius 2 is 2.31 bits per heavy atom. The molecular weight excluding hydrogens is 255 g/mol. The first-order valence-corrected chi connectivity index (χ1v) is 5.95. The third-order valence-electron chi connectivity index (χ3n) is 1.64. The van der Waals surface area contributed by atoms with Crippen molar-refractivity contribution in [2.45, 2.75) is 6.10 Å². The van der Waals surface area contributed by atoms with E-state index >= 15 is 0 Å².